The first-order valence-electron chi connectivity index (χ1n) is 8.26. The molecule has 0 radical (unpaired) electrons. The second-order valence-electron chi connectivity index (χ2n) is 6.69. The molecular weight excluding hydrogens is 280 g/mol. The molecule has 0 bridgehead atoms. The number of rotatable bonds is 3. The summed E-state index contributed by atoms with van der Waals surface area (Å²) in [6, 6.07) is 7.74. The van der Waals surface area contributed by atoms with Crippen molar-refractivity contribution in [2.75, 3.05) is 26.2 Å². The highest BCUT2D eigenvalue weighted by Crippen LogP contribution is 2.34. The zero-order valence-electron chi connectivity index (χ0n) is 13.4. The molecule has 2 saturated heterocycles. The highest BCUT2D eigenvalue weighted by Gasteiger charge is 2.28. The summed E-state index contributed by atoms with van der Waals surface area (Å²) in [5.74, 6) is 0.906. The van der Waals surface area contributed by atoms with E-state index in [2.05, 4.69) is 42.3 Å². The lowest BCUT2D eigenvalue weighted by atomic mass is 9.95. The van der Waals surface area contributed by atoms with E-state index in [1.807, 2.05) is 0 Å². The van der Waals surface area contributed by atoms with Crippen molar-refractivity contribution < 1.29 is 0 Å². The number of nitrogens with zero attached hydrogens (tertiary/aromatic N) is 1. The van der Waals surface area contributed by atoms with E-state index in [4.69, 9.17) is 0 Å². The van der Waals surface area contributed by atoms with E-state index in [0.29, 0.717) is 6.04 Å². The summed E-state index contributed by atoms with van der Waals surface area (Å²) < 4.78 is 0. The molecule has 1 aromatic rings. The van der Waals surface area contributed by atoms with Crippen molar-refractivity contribution in [3.05, 3.63) is 34.9 Å². The van der Waals surface area contributed by atoms with Crippen molar-refractivity contribution >= 4 is 12.4 Å². The minimum atomic E-state index is 0. The average molecular weight is 309 g/mol. The summed E-state index contributed by atoms with van der Waals surface area (Å²) in [4.78, 5) is 2.75. The van der Waals surface area contributed by atoms with Gasteiger partial charge in [-0.15, -0.1) is 12.4 Å². The SMILES string of the molecule is Cc1ccc(C2CCCN2CC2CCNCC2)cc1C.Cl. The Morgan fingerprint density at radius 3 is 2.57 bits per heavy atom. The summed E-state index contributed by atoms with van der Waals surface area (Å²) in [5, 5.41) is 3.48. The van der Waals surface area contributed by atoms with Crippen LogP contribution in [0, 0.1) is 19.8 Å². The molecule has 0 saturated carbocycles. The molecule has 0 spiro atoms. The summed E-state index contributed by atoms with van der Waals surface area (Å²) in [5.41, 5.74) is 4.40. The molecule has 3 heteroatoms. The molecule has 3 rings (SSSR count). The number of benzene rings is 1. The largest absolute Gasteiger partial charge is 0.317 e. The zero-order valence-corrected chi connectivity index (χ0v) is 14.2. The Morgan fingerprint density at radius 2 is 1.86 bits per heavy atom. The molecule has 1 aromatic carbocycles. The van der Waals surface area contributed by atoms with Crippen LogP contribution in [-0.2, 0) is 0 Å². The third-order valence-electron chi connectivity index (χ3n) is 5.23. The van der Waals surface area contributed by atoms with Crippen molar-refractivity contribution in [2.24, 2.45) is 5.92 Å². The van der Waals surface area contributed by atoms with E-state index in [9.17, 15) is 0 Å². The minimum absolute atomic E-state index is 0. The smallest absolute Gasteiger partial charge is 0.0348 e. The van der Waals surface area contributed by atoms with Crippen LogP contribution in [0.5, 0.6) is 0 Å². The molecule has 2 heterocycles. The van der Waals surface area contributed by atoms with Gasteiger partial charge in [0.05, 0.1) is 0 Å². The fourth-order valence-electron chi connectivity index (χ4n) is 3.79. The van der Waals surface area contributed by atoms with Crippen LogP contribution < -0.4 is 5.32 Å². The van der Waals surface area contributed by atoms with Crippen LogP contribution in [0.1, 0.15) is 48.4 Å². The third-order valence-corrected chi connectivity index (χ3v) is 5.23. The van der Waals surface area contributed by atoms with Gasteiger partial charge in [0.1, 0.15) is 0 Å². The van der Waals surface area contributed by atoms with Gasteiger partial charge in [0, 0.05) is 12.6 Å². The molecular formula is C18H29ClN2. The molecule has 21 heavy (non-hydrogen) atoms. The van der Waals surface area contributed by atoms with Gasteiger partial charge < -0.3 is 5.32 Å². The van der Waals surface area contributed by atoms with Crippen molar-refractivity contribution in [3.8, 4) is 0 Å². The van der Waals surface area contributed by atoms with Gasteiger partial charge >= 0.3 is 0 Å². The highest BCUT2D eigenvalue weighted by atomic mass is 35.5. The van der Waals surface area contributed by atoms with E-state index in [1.54, 1.807) is 5.56 Å². The second-order valence-corrected chi connectivity index (χ2v) is 6.69. The van der Waals surface area contributed by atoms with Gasteiger partial charge in [-0.25, -0.2) is 0 Å². The maximum atomic E-state index is 3.48. The first-order valence-corrected chi connectivity index (χ1v) is 8.26. The van der Waals surface area contributed by atoms with Crippen LogP contribution in [0.3, 0.4) is 0 Å². The maximum Gasteiger partial charge on any atom is 0.0348 e. The monoisotopic (exact) mass is 308 g/mol. The minimum Gasteiger partial charge on any atom is -0.317 e. The Kier molecular flexibility index (Phi) is 6.09. The lowest BCUT2D eigenvalue weighted by Gasteiger charge is -2.31. The summed E-state index contributed by atoms with van der Waals surface area (Å²) in [7, 11) is 0. The van der Waals surface area contributed by atoms with E-state index < -0.39 is 0 Å². The molecule has 118 valence electrons. The molecule has 0 aromatic heterocycles. The van der Waals surface area contributed by atoms with Crippen molar-refractivity contribution in [1.82, 2.24) is 10.2 Å². The molecule has 0 amide bonds. The second kappa shape index (κ2) is 7.62. The van der Waals surface area contributed by atoms with E-state index >= 15 is 0 Å². The van der Waals surface area contributed by atoms with Crippen molar-refractivity contribution in [2.45, 2.75) is 45.6 Å². The Hall–Kier alpha value is -0.570. The third kappa shape index (κ3) is 4.00. The van der Waals surface area contributed by atoms with Gasteiger partial charge in [-0.3, -0.25) is 4.90 Å². The average Bonchev–Trinajstić information content (AvgIpc) is 2.91. The Balaban J connectivity index is 0.00000161. The predicted molar refractivity (Wildman–Crippen MR) is 92.3 cm³/mol. The zero-order chi connectivity index (χ0) is 13.9. The molecule has 2 aliphatic rings. The molecule has 1 unspecified atom stereocenters. The Morgan fingerprint density at radius 1 is 1.10 bits per heavy atom. The fourth-order valence-corrected chi connectivity index (χ4v) is 3.79. The standard InChI is InChI=1S/C18H28N2.ClH/c1-14-5-6-17(12-15(14)2)18-4-3-11-20(18)13-16-7-9-19-10-8-16;/h5-6,12,16,18-19H,3-4,7-11,13H2,1-2H3;1H. The normalized spacial score (nSPS) is 24.0. The van der Waals surface area contributed by atoms with Gasteiger partial charge in [0.15, 0.2) is 0 Å². The van der Waals surface area contributed by atoms with Gasteiger partial charge in [0.2, 0.25) is 0 Å². The van der Waals surface area contributed by atoms with Gasteiger partial charge in [-0.2, -0.15) is 0 Å². The van der Waals surface area contributed by atoms with Crippen LogP contribution in [0.4, 0.5) is 0 Å². The summed E-state index contributed by atoms with van der Waals surface area (Å²) in [6.07, 6.45) is 5.42. The molecule has 2 aliphatic heterocycles. The van der Waals surface area contributed by atoms with E-state index in [1.165, 1.54) is 63.0 Å². The molecule has 0 aliphatic carbocycles. The molecule has 2 nitrogen and oxygen atoms in total. The van der Waals surface area contributed by atoms with E-state index in [-0.39, 0.29) is 12.4 Å². The first-order chi connectivity index (χ1) is 9.74. The fraction of sp³-hybridized carbons (Fsp3) is 0.667. The van der Waals surface area contributed by atoms with Crippen LogP contribution >= 0.6 is 12.4 Å². The van der Waals surface area contributed by atoms with Crippen LogP contribution in [0.25, 0.3) is 0 Å². The summed E-state index contributed by atoms with van der Waals surface area (Å²) >= 11 is 0. The van der Waals surface area contributed by atoms with Gasteiger partial charge in [-0.05, 0) is 81.8 Å². The van der Waals surface area contributed by atoms with Crippen molar-refractivity contribution in [3.63, 3.8) is 0 Å². The number of piperidine rings is 1. The number of hydrogen-bond acceptors (Lipinski definition) is 2. The number of nitrogens with one attached hydrogen (secondary N) is 1. The number of likely N-dealkylation sites (tertiary alicyclic amines) is 1. The molecule has 1 N–H and O–H groups in total. The number of hydrogen-bond donors (Lipinski definition) is 1. The number of aryl methyl sites for hydroxylation is 2. The first kappa shape index (κ1) is 16.8. The topological polar surface area (TPSA) is 15.3 Å². The lowest BCUT2D eigenvalue weighted by molar-refractivity contribution is 0.193. The quantitative estimate of drug-likeness (QED) is 0.912. The Labute approximate surface area is 135 Å². The summed E-state index contributed by atoms with van der Waals surface area (Å²) in [6.45, 7) is 9.48. The van der Waals surface area contributed by atoms with Gasteiger partial charge in [0.25, 0.3) is 0 Å². The predicted octanol–water partition coefficient (Wildman–Crippen LogP) is 3.86. The lowest BCUT2D eigenvalue weighted by Crippen LogP contribution is -2.36. The van der Waals surface area contributed by atoms with Crippen LogP contribution in [0.15, 0.2) is 18.2 Å². The van der Waals surface area contributed by atoms with Gasteiger partial charge in [-0.1, -0.05) is 18.2 Å². The van der Waals surface area contributed by atoms with Crippen LogP contribution in [-0.4, -0.2) is 31.1 Å². The maximum absolute atomic E-state index is 3.48. The molecule has 2 fully saturated rings. The van der Waals surface area contributed by atoms with Crippen LogP contribution in [0.2, 0.25) is 0 Å². The van der Waals surface area contributed by atoms with E-state index in [0.717, 1.165) is 5.92 Å². The number of halogens is 1. The molecule has 1 atom stereocenters. The highest BCUT2D eigenvalue weighted by molar-refractivity contribution is 5.85. The van der Waals surface area contributed by atoms with Crippen molar-refractivity contribution in [1.29, 1.82) is 0 Å². The Bertz CT molecular complexity index is 455.